The van der Waals surface area contributed by atoms with Gasteiger partial charge in [0.1, 0.15) is 0 Å². The van der Waals surface area contributed by atoms with Crippen molar-refractivity contribution in [1.82, 2.24) is 25.2 Å². The van der Waals surface area contributed by atoms with Gasteiger partial charge >= 0.3 is 0 Å². The Kier molecular flexibility index (Phi) is 5.40. The van der Waals surface area contributed by atoms with E-state index in [1.807, 2.05) is 19.9 Å². The Hall–Kier alpha value is -2.02. The number of ether oxygens (including phenoxy) is 1. The van der Waals surface area contributed by atoms with Crippen molar-refractivity contribution in [3.05, 3.63) is 29.0 Å². The molecule has 0 atom stereocenters. The number of likely N-dealkylation sites (tertiary alicyclic amines) is 1. The molecule has 0 aliphatic carbocycles. The van der Waals surface area contributed by atoms with E-state index in [1.165, 1.54) is 5.56 Å². The van der Waals surface area contributed by atoms with Crippen LogP contribution in [0.5, 0.6) is 5.88 Å². The first-order chi connectivity index (χ1) is 11.6. The van der Waals surface area contributed by atoms with Gasteiger partial charge in [-0.05, 0) is 57.7 Å². The number of hydrogen-bond acceptors (Lipinski definition) is 7. The lowest BCUT2D eigenvalue weighted by Gasteiger charge is -2.30. The summed E-state index contributed by atoms with van der Waals surface area (Å²) in [5.41, 5.74) is 2.18. The Morgan fingerprint density at radius 3 is 2.71 bits per heavy atom. The molecule has 1 aliphatic heterocycles. The van der Waals surface area contributed by atoms with Gasteiger partial charge in [0.2, 0.25) is 11.8 Å². The molecular formula is C17H25N5O2. The van der Waals surface area contributed by atoms with Crippen LogP contribution in [0.25, 0.3) is 0 Å². The van der Waals surface area contributed by atoms with E-state index in [4.69, 9.17) is 9.26 Å². The third-order valence-electron chi connectivity index (χ3n) is 4.54. The summed E-state index contributed by atoms with van der Waals surface area (Å²) >= 11 is 0. The molecule has 7 nitrogen and oxygen atoms in total. The summed E-state index contributed by atoms with van der Waals surface area (Å²) in [4.78, 5) is 6.62. The van der Waals surface area contributed by atoms with E-state index in [9.17, 15) is 0 Å². The molecule has 0 spiro atoms. The number of nitrogens with zero attached hydrogens (tertiary/aromatic N) is 5. The summed E-state index contributed by atoms with van der Waals surface area (Å²) in [5.74, 6) is 2.59. The van der Waals surface area contributed by atoms with Gasteiger partial charge < -0.3 is 9.26 Å². The molecule has 7 heteroatoms. The second kappa shape index (κ2) is 7.70. The molecule has 2 aromatic rings. The minimum atomic E-state index is 0.554. The van der Waals surface area contributed by atoms with Gasteiger partial charge in [-0.1, -0.05) is 12.1 Å². The van der Waals surface area contributed by atoms with Crippen molar-refractivity contribution in [3.63, 3.8) is 0 Å². The second-order valence-corrected chi connectivity index (χ2v) is 6.41. The summed E-state index contributed by atoms with van der Waals surface area (Å²) in [6.45, 7) is 9.43. The molecule has 0 unspecified atom stereocenters. The molecular weight excluding hydrogens is 306 g/mol. The zero-order chi connectivity index (χ0) is 16.9. The average molecular weight is 331 g/mol. The molecule has 0 aromatic carbocycles. The van der Waals surface area contributed by atoms with E-state index in [0.717, 1.165) is 44.6 Å². The van der Waals surface area contributed by atoms with E-state index in [2.05, 4.69) is 32.2 Å². The Labute approximate surface area is 142 Å². The SMILES string of the molecule is CCc1cc(OCC2CCN(Cc3nc(C)no3)CC2)nnc1C. The maximum atomic E-state index is 5.87. The Balaban J connectivity index is 1.44. The topological polar surface area (TPSA) is 77.2 Å². The van der Waals surface area contributed by atoms with Crippen LogP contribution in [0, 0.1) is 19.8 Å². The fourth-order valence-corrected chi connectivity index (χ4v) is 3.01. The van der Waals surface area contributed by atoms with Gasteiger partial charge in [-0.3, -0.25) is 4.90 Å². The van der Waals surface area contributed by atoms with Crippen LogP contribution in [-0.4, -0.2) is 44.9 Å². The van der Waals surface area contributed by atoms with Gasteiger partial charge in [0, 0.05) is 6.07 Å². The number of hydrogen-bond donors (Lipinski definition) is 0. The van der Waals surface area contributed by atoms with Crippen LogP contribution in [0.1, 0.15) is 42.7 Å². The number of rotatable bonds is 6. The smallest absolute Gasteiger partial charge is 0.240 e. The third-order valence-corrected chi connectivity index (χ3v) is 4.54. The van der Waals surface area contributed by atoms with E-state index in [-0.39, 0.29) is 0 Å². The summed E-state index contributed by atoms with van der Waals surface area (Å²) in [7, 11) is 0. The van der Waals surface area contributed by atoms with Crippen molar-refractivity contribution in [2.24, 2.45) is 5.92 Å². The Morgan fingerprint density at radius 2 is 2.04 bits per heavy atom. The molecule has 1 fully saturated rings. The highest BCUT2D eigenvalue weighted by atomic mass is 16.5. The van der Waals surface area contributed by atoms with Crippen molar-refractivity contribution < 1.29 is 9.26 Å². The lowest BCUT2D eigenvalue weighted by molar-refractivity contribution is 0.124. The van der Waals surface area contributed by atoms with E-state index in [1.54, 1.807) is 0 Å². The maximum absolute atomic E-state index is 5.87. The van der Waals surface area contributed by atoms with Gasteiger partial charge in [-0.25, -0.2) is 0 Å². The highest BCUT2D eigenvalue weighted by Crippen LogP contribution is 2.20. The van der Waals surface area contributed by atoms with Crippen LogP contribution in [0.4, 0.5) is 0 Å². The molecule has 3 heterocycles. The normalized spacial score (nSPS) is 16.5. The van der Waals surface area contributed by atoms with Crippen LogP contribution >= 0.6 is 0 Å². The summed E-state index contributed by atoms with van der Waals surface area (Å²) in [5, 5.41) is 12.1. The zero-order valence-corrected chi connectivity index (χ0v) is 14.7. The number of aryl methyl sites for hydroxylation is 3. The molecule has 1 aliphatic rings. The quantitative estimate of drug-likeness (QED) is 0.804. The molecule has 1 saturated heterocycles. The largest absolute Gasteiger partial charge is 0.476 e. The summed E-state index contributed by atoms with van der Waals surface area (Å²) in [6, 6.07) is 2.01. The van der Waals surface area contributed by atoms with Crippen molar-refractivity contribution in [2.75, 3.05) is 19.7 Å². The monoisotopic (exact) mass is 331 g/mol. The summed E-state index contributed by atoms with van der Waals surface area (Å²) in [6.07, 6.45) is 3.16. The van der Waals surface area contributed by atoms with Crippen LogP contribution in [0.2, 0.25) is 0 Å². The molecule has 0 bridgehead atoms. The lowest BCUT2D eigenvalue weighted by atomic mass is 9.98. The molecule has 24 heavy (non-hydrogen) atoms. The lowest BCUT2D eigenvalue weighted by Crippen LogP contribution is -2.35. The minimum Gasteiger partial charge on any atom is -0.476 e. The predicted molar refractivity (Wildman–Crippen MR) is 88.7 cm³/mol. The molecule has 0 N–H and O–H groups in total. The van der Waals surface area contributed by atoms with Crippen molar-refractivity contribution in [1.29, 1.82) is 0 Å². The first kappa shape index (κ1) is 16.8. The molecule has 0 amide bonds. The standard InChI is InChI=1S/C17H25N5O2/c1-4-15-9-16(20-19-12(15)2)23-11-14-5-7-22(8-6-14)10-17-18-13(3)21-24-17/h9,14H,4-8,10-11H2,1-3H3. The molecule has 130 valence electrons. The second-order valence-electron chi connectivity index (χ2n) is 6.41. The third kappa shape index (κ3) is 4.29. The highest BCUT2D eigenvalue weighted by Gasteiger charge is 2.21. The minimum absolute atomic E-state index is 0.554. The van der Waals surface area contributed by atoms with Gasteiger partial charge in [-0.2, -0.15) is 10.1 Å². The number of aromatic nitrogens is 4. The van der Waals surface area contributed by atoms with Crippen LogP contribution in [0.3, 0.4) is 0 Å². The van der Waals surface area contributed by atoms with Crippen LogP contribution in [0.15, 0.2) is 10.6 Å². The first-order valence-electron chi connectivity index (χ1n) is 8.61. The van der Waals surface area contributed by atoms with E-state index < -0.39 is 0 Å². The maximum Gasteiger partial charge on any atom is 0.240 e. The van der Waals surface area contributed by atoms with Gasteiger partial charge in [0.15, 0.2) is 5.82 Å². The average Bonchev–Trinajstić information content (AvgIpc) is 3.00. The highest BCUT2D eigenvalue weighted by molar-refractivity contribution is 5.23. The van der Waals surface area contributed by atoms with Gasteiger partial charge in [-0.15, -0.1) is 5.10 Å². The van der Waals surface area contributed by atoms with Crippen molar-refractivity contribution >= 4 is 0 Å². The van der Waals surface area contributed by atoms with Crippen molar-refractivity contribution in [3.8, 4) is 5.88 Å². The Morgan fingerprint density at radius 1 is 1.25 bits per heavy atom. The fourth-order valence-electron chi connectivity index (χ4n) is 3.01. The first-order valence-corrected chi connectivity index (χ1v) is 8.61. The van der Waals surface area contributed by atoms with E-state index in [0.29, 0.717) is 30.1 Å². The Bertz CT molecular complexity index is 665. The van der Waals surface area contributed by atoms with E-state index >= 15 is 0 Å². The predicted octanol–water partition coefficient (Wildman–Crippen LogP) is 2.33. The van der Waals surface area contributed by atoms with Crippen LogP contribution < -0.4 is 4.74 Å². The van der Waals surface area contributed by atoms with Crippen LogP contribution in [-0.2, 0) is 13.0 Å². The zero-order valence-electron chi connectivity index (χ0n) is 14.7. The molecule has 2 aromatic heterocycles. The van der Waals surface area contributed by atoms with Gasteiger partial charge in [0.05, 0.1) is 18.8 Å². The molecule has 0 radical (unpaired) electrons. The van der Waals surface area contributed by atoms with Gasteiger partial charge in [0.25, 0.3) is 0 Å². The molecule has 3 rings (SSSR count). The summed E-state index contributed by atoms with van der Waals surface area (Å²) < 4.78 is 11.1. The van der Waals surface area contributed by atoms with Crippen molar-refractivity contribution in [2.45, 2.75) is 46.6 Å². The molecule has 0 saturated carbocycles. The fraction of sp³-hybridized carbons (Fsp3) is 0.647. The number of piperidine rings is 1.